The summed E-state index contributed by atoms with van der Waals surface area (Å²) in [7, 11) is 1.44. The van der Waals surface area contributed by atoms with Gasteiger partial charge in [0, 0.05) is 17.8 Å². The fraction of sp³-hybridized carbons (Fsp3) is 0.571. The molecule has 1 atom stereocenters. The molecule has 0 spiro atoms. The molecular weight excluding hydrogens is 244 g/mol. The van der Waals surface area contributed by atoms with Gasteiger partial charge in [-0.15, -0.1) is 0 Å². The molecule has 19 heavy (non-hydrogen) atoms. The summed E-state index contributed by atoms with van der Waals surface area (Å²) in [5, 5.41) is 14.4. The highest BCUT2D eigenvalue weighted by atomic mass is 16.6. The van der Waals surface area contributed by atoms with Crippen molar-refractivity contribution < 1.29 is 9.66 Å². The zero-order valence-electron chi connectivity index (χ0n) is 11.6. The quantitative estimate of drug-likeness (QED) is 0.666. The van der Waals surface area contributed by atoms with Crippen molar-refractivity contribution in [2.24, 2.45) is 5.41 Å². The highest BCUT2D eigenvalue weighted by Crippen LogP contribution is 2.40. The van der Waals surface area contributed by atoms with E-state index in [4.69, 9.17) is 4.74 Å². The highest BCUT2D eigenvalue weighted by Gasteiger charge is 2.34. The van der Waals surface area contributed by atoms with Crippen molar-refractivity contribution >= 4 is 11.4 Å². The fourth-order valence-electron chi connectivity index (χ4n) is 2.72. The zero-order chi connectivity index (χ0) is 14.0. The highest BCUT2D eigenvalue weighted by molar-refractivity contribution is 5.59. The third-order valence-corrected chi connectivity index (χ3v) is 3.97. The minimum atomic E-state index is -0.413. The minimum absolute atomic E-state index is 0.00306. The number of hydrogen-bond donors (Lipinski definition) is 1. The molecular formula is C14H20N2O3. The number of nitrogens with one attached hydrogen (secondary N) is 1. The summed E-state index contributed by atoms with van der Waals surface area (Å²) in [6, 6.07) is 5.39. The maximum absolute atomic E-state index is 11.0. The van der Waals surface area contributed by atoms with Gasteiger partial charge in [-0.3, -0.25) is 10.1 Å². The third-order valence-electron chi connectivity index (χ3n) is 3.97. The molecule has 5 heteroatoms. The second kappa shape index (κ2) is 5.07. The summed E-state index contributed by atoms with van der Waals surface area (Å²) in [6.07, 6.45) is 3.48. The Bertz CT molecular complexity index is 486. The average molecular weight is 264 g/mol. The van der Waals surface area contributed by atoms with Crippen LogP contribution in [0.2, 0.25) is 0 Å². The van der Waals surface area contributed by atoms with Crippen LogP contribution in [-0.4, -0.2) is 18.1 Å². The SMILES string of the molecule is COc1ccc(NC2CCCC2(C)C)cc1[N+](=O)[O-]. The number of methoxy groups -OCH3 is 1. The topological polar surface area (TPSA) is 64.4 Å². The van der Waals surface area contributed by atoms with E-state index in [-0.39, 0.29) is 11.1 Å². The lowest BCUT2D eigenvalue weighted by Crippen LogP contribution is -2.30. The lowest BCUT2D eigenvalue weighted by molar-refractivity contribution is -0.385. The molecule has 0 bridgehead atoms. The Morgan fingerprint density at radius 2 is 2.21 bits per heavy atom. The van der Waals surface area contributed by atoms with Crippen molar-refractivity contribution in [3.63, 3.8) is 0 Å². The number of nitro groups is 1. The second-order valence-corrected chi connectivity index (χ2v) is 5.72. The molecule has 1 aromatic carbocycles. The van der Waals surface area contributed by atoms with Gasteiger partial charge in [-0.25, -0.2) is 0 Å². The van der Waals surface area contributed by atoms with Crippen LogP contribution < -0.4 is 10.1 Å². The van der Waals surface area contributed by atoms with E-state index in [2.05, 4.69) is 19.2 Å². The molecule has 1 aliphatic rings. The van der Waals surface area contributed by atoms with Crippen LogP contribution in [-0.2, 0) is 0 Å². The summed E-state index contributed by atoms with van der Waals surface area (Å²) in [5.74, 6) is 0.293. The van der Waals surface area contributed by atoms with Crippen LogP contribution in [0.15, 0.2) is 18.2 Å². The predicted octanol–water partition coefficient (Wildman–Crippen LogP) is 3.59. The lowest BCUT2D eigenvalue weighted by Gasteiger charge is -2.28. The van der Waals surface area contributed by atoms with Crippen LogP contribution in [0.25, 0.3) is 0 Å². The first-order valence-corrected chi connectivity index (χ1v) is 6.53. The van der Waals surface area contributed by atoms with Crippen molar-refractivity contribution in [1.29, 1.82) is 0 Å². The number of rotatable bonds is 4. The van der Waals surface area contributed by atoms with Gasteiger partial charge in [-0.05, 0) is 30.4 Å². The fourth-order valence-corrected chi connectivity index (χ4v) is 2.72. The van der Waals surface area contributed by atoms with Crippen molar-refractivity contribution in [1.82, 2.24) is 0 Å². The molecule has 1 saturated carbocycles. The molecule has 0 amide bonds. The Balaban J connectivity index is 2.22. The largest absolute Gasteiger partial charge is 0.490 e. The van der Waals surface area contributed by atoms with Gasteiger partial charge in [0.25, 0.3) is 0 Å². The lowest BCUT2D eigenvalue weighted by atomic mass is 9.87. The Kier molecular flexibility index (Phi) is 3.64. The van der Waals surface area contributed by atoms with Crippen LogP contribution in [0.5, 0.6) is 5.75 Å². The molecule has 0 aliphatic heterocycles. The van der Waals surface area contributed by atoms with Crippen LogP contribution in [0.1, 0.15) is 33.1 Å². The van der Waals surface area contributed by atoms with Crippen LogP contribution in [0, 0.1) is 15.5 Å². The van der Waals surface area contributed by atoms with E-state index in [0.29, 0.717) is 11.8 Å². The molecule has 0 saturated heterocycles. The molecule has 0 aromatic heterocycles. The Morgan fingerprint density at radius 1 is 1.47 bits per heavy atom. The van der Waals surface area contributed by atoms with Gasteiger partial charge in [0.1, 0.15) is 0 Å². The first kappa shape index (κ1) is 13.6. The van der Waals surface area contributed by atoms with E-state index in [0.717, 1.165) is 12.1 Å². The molecule has 0 radical (unpaired) electrons. The molecule has 1 aromatic rings. The molecule has 2 rings (SSSR count). The van der Waals surface area contributed by atoms with Gasteiger partial charge in [-0.2, -0.15) is 0 Å². The van der Waals surface area contributed by atoms with Gasteiger partial charge < -0.3 is 10.1 Å². The van der Waals surface area contributed by atoms with E-state index in [1.807, 2.05) is 6.07 Å². The smallest absolute Gasteiger partial charge is 0.312 e. The van der Waals surface area contributed by atoms with Crippen molar-refractivity contribution in [3.05, 3.63) is 28.3 Å². The Hall–Kier alpha value is -1.78. The van der Waals surface area contributed by atoms with Crippen LogP contribution in [0.4, 0.5) is 11.4 Å². The predicted molar refractivity (Wildman–Crippen MR) is 74.7 cm³/mol. The van der Waals surface area contributed by atoms with E-state index in [1.165, 1.54) is 20.0 Å². The van der Waals surface area contributed by atoms with Gasteiger partial charge in [-0.1, -0.05) is 20.3 Å². The third kappa shape index (κ3) is 2.80. The van der Waals surface area contributed by atoms with Crippen molar-refractivity contribution in [2.75, 3.05) is 12.4 Å². The minimum Gasteiger partial charge on any atom is -0.490 e. The average Bonchev–Trinajstić information content (AvgIpc) is 2.68. The number of anilines is 1. The van der Waals surface area contributed by atoms with Crippen molar-refractivity contribution in [2.45, 2.75) is 39.2 Å². The standard InChI is InChI=1S/C14H20N2O3/c1-14(2)8-4-5-13(14)15-10-6-7-12(19-3)11(9-10)16(17)18/h6-7,9,13,15H,4-5,8H2,1-3H3. The molecule has 0 heterocycles. The second-order valence-electron chi connectivity index (χ2n) is 5.72. The maximum atomic E-state index is 11.0. The van der Waals surface area contributed by atoms with Gasteiger partial charge in [0.05, 0.1) is 12.0 Å². The number of nitrogens with zero attached hydrogens (tertiary/aromatic N) is 1. The first-order chi connectivity index (χ1) is 8.94. The van der Waals surface area contributed by atoms with Crippen molar-refractivity contribution in [3.8, 4) is 5.75 Å². The van der Waals surface area contributed by atoms with E-state index in [9.17, 15) is 10.1 Å². The first-order valence-electron chi connectivity index (χ1n) is 6.53. The van der Waals surface area contributed by atoms with Crippen LogP contribution in [0.3, 0.4) is 0 Å². The van der Waals surface area contributed by atoms with Gasteiger partial charge >= 0.3 is 5.69 Å². The molecule has 5 nitrogen and oxygen atoms in total. The zero-order valence-corrected chi connectivity index (χ0v) is 11.6. The maximum Gasteiger partial charge on any atom is 0.312 e. The van der Waals surface area contributed by atoms with Gasteiger partial charge in [0.2, 0.25) is 0 Å². The molecule has 1 N–H and O–H groups in total. The molecule has 1 fully saturated rings. The monoisotopic (exact) mass is 264 g/mol. The summed E-state index contributed by atoms with van der Waals surface area (Å²) in [4.78, 5) is 10.6. The number of ether oxygens (including phenoxy) is 1. The normalized spacial score (nSPS) is 21.1. The number of benzene rings is 1. The molecule has 104 valence electrons. The van der Waals surface area contributed by atoms with E-state index >= 15 is 0 Å². The summed E-state index contributed by atoms with van der Waals surface area (Å²) < 4.78 is 5.00. The Labute approximate surface area is 113 Å². The molecule has 1 unspecified atom stereocenters. The Morgan fingerprint density at radius 3 is 2.74 bits per heavy atom. The van der Waals surface area contributed by atoms with E-state index < -0.39 is 4.92 Å². The van der Waals surface area contributed by atoms with Crippen LogP contribution >= 0.6 is 0 Å². The summed E-state index contributed by atoms with van der Waals surface area (Å²) in [5.41, 5.74) is 1.02. The number of hydrogen-bond acceptors (Lipinski definition) is 4. The summed E-state index contributed by atoms with van der Waals surface area (Å²) >= 11 is 0. The van der Waals surface area contributed by atoms with E-state index in [1.54, 1.807) is 12.1 Å². The molecule has 1 aliphatic carbocycles. The summed E-state index contributed by atoms with van der Waals surface area (Å²) in [6.45, 7) is 4.46. The number of nitro benzene ring substituents is 1. The van der Waals surface area contributed by atoms with Gasteiger partial charge in [0.15, 0.2) is 5.75 Å².